The minimum Gasteiger partial charge on any atom is -0.311 e. The predicted molar refractivity (Wildman–Crippen MR) is 166 cm³/mol. The lowest BCUT2D eigenvalue weighted by Crippen LogP contribution is -2.09. The minimum absolute atomic E-state index is 0.605. The second-order valence-corrected chi connectivity index (χ2v) is 8.82. The van der Waals surface area contributed by atoms with Crippen molar-refractivity contribution in [2.45, 2.75) is 0 Å². The molecule has 5 aromatic carbocycles. The number of nitrogens with zero attached hydrogens (tertiary/aromatic N) is 2. The van der Waals surface area contributed by atoms with E-state index < -0.39 is 0 Å². The topological polar surface area (TPSA) is 27.0 Å². The number of anilines is 3. The van der Waals surface area contributed by atoms with Crippen LogP contribution in [0.25, 0.3) is 0 Å². The van der Waals surface area contributed by atoms with E-state index in [1.807, 2.05) is 72.8 Å². The molecule has 2 heteroatoms. The molecule has 0 aliphatic rings. The van der Waals surface area contributed by atoms with Gasteiger partial charge in [0.15, 0.2) is 0 Å². The van der Waals surface area contributed by atoms with E-state index in [0.29, 0.717) is 5.56 Å². The summed E-state index contributed by atoms with van der Waals surface area (Å²) in [5.41, 5.74) is 7.39. The predicted octanol–water partition coefficient (Wildman–Crippen LogP) is 7.83. The van der Waals surface area contributed by atoms with Gasteiger partial charge in [-0.2, -0.15) is 5.26 Å². The molecule has 0 saturated carbocycles. The molecule has 5 rings (SSSR count). The minimum atomic E-state index is 0.605. The lowest BCUT2D eigenvalue weighted by molar-refractivity contribution is 1.28. The molecule has 0 amide bonds. The Labute approximate surface area is 241 Å². The summed E-state index contributed by atoms with van der Waals surface area (Å²) >= 11 is 0. The van der Waals surface area contributed by atoms with Crippen LogP contribution in [0.4, 0.5) is 17.1 Å². The van der Waals surface area contributed by atoms with Crippen molar-refractivity contribution in [2.24, 2.45) is 0 Å². The van der Waals surface area contributed by atoms with Crippen LogP contribution in [0.3, 0.4) is 0 Å². The molecule has 0 radical (unpaired) electrons. The fourth-order valence-corrected chi connectivity index (χ4v) is 3.97. The Kier molecular flexibility index (Phi) is 8.60. The number of para-hydroxylation sites is 2. The molecule has 0 unspecified atom stereocenters. The Hall–Kier alpha value is -6.37. The lowest BCUT2D eigenvalue weighted by atomic mass is 10.1. The van der Waals surface area contributed by atoms with Crippen molar-refractivity contribution in [2.75, 3.05) is 4.90 Å². The molecule has 0 fully saturated rings. The summed E-state index contributed by atoms with van der Waals surface area (Å²) in [4.78, 5) is 2.23. The zero-order valence-electron chi connectivity index (χ0n) is 22.1. The van der Waals surface area contributed by atoms with Crippen molar-refractivity contribution in [1.82, 2.24) is 0 Å². The molecule has 0 spiro atoms. The number of rotatable bonds is 3. The average Bonchev–Trinajstić information content (AvgIpc) is 3.04. The summed E-state index contributed by atoms with van der Waals surface area (Å²) < 4.78 is 0. The Bertz CT molecular complexity index is 1880. The third kappa shape index (κ3) is 7.36. The molecule has 0 saturated heterocycles. The van der Waals surface area contributed by atoms with Gasteiger partial charge in [-0.15, -0.1) is 0 Å². The van der Waals surface area contributed by atoms with Gasteiger partial charge in [-0.1, -0.05) is 60.1 Å². The Balaban J connectivity index is 1.23. The second-order valence-electron chi connectivity index (χ2n) is 8.82. The van der Waals surface area contributed by atoms with Crippen molar-refractivity contribution < 1.29 is 0 Å². The highest BCUT2D eigenvalue weighted by molar-refractivity contribution is 5.76. The van der Waals surface area contributed by atoms with Gasteiger partial charge < -0.3 is 4.90 Å². The molecule has 0 atom stereocenters. The molecule has 0 aromatic heterocycles. The molecule has 0 aliphatic carbocycles. The first kappa shape index (κ1) is 26.2. The SMILES string of the molecule is N#Cc1ccc(C#CC#CC#Cc2ccc(C#Cc3ccc(N(c4ccccc4)c4ccccc4)cc3)cc2)cc1. The molecular formula is C39H22N2. The first-order chi connectivity index (χ1) is 20.3. The van der Waals surface area contributed by atoms with Crippen LogP contribution in [0.1, 0.15) is 27.8 Å². The van der Waals surface area contributed by atoms with Gasteiger partial charge >= 0.3 is 0 Å². The van der Waals surface area contributed by atoms with Gasteiger partial charge in [0.25, 0.3) is 0 Å². The van der Waals surface area contributed by atoms with E-state index in [2.05, 4.69) is 94.7 Å². The van der Waals surface area contributed by atoms with Gasteiger partial charge in [-0.3, -0.25) is 0 Å². The van der Waals surface area contributed by atoms with E-state index >= 15 is 0 Å². The van der Waals surface area contributed by atoms with E-state index in [1.54, 1.807) is 24.3 Å². The van der Waals surface area contributed by atoms with E-state index in [1.165, 1.54) is 0 Å². The molecule has 0 N–H and O–H groups in total. The summed E-state index contributed by atoms with van der Waals surface area (Å²) in [5, 5.41) is 8.84. The number of hydrogen-bond acceptors (Lipinski definition) is 2. The largest absolute Gasteiger partial charge is 0.311 e. The summed E-state index contributed by atoms with van der Waals surface area (Å²) in [5.74, 6) is 23.5. The highest BCUT2D eigenvalue weighted by atomic mass is 15.1. The highest BCUT2D eigenvalue weighted by Crippen LogP contribution is 2.33. The number of hydrogen-bond donors (Lipinski definition) is 0. The van der Waals surface area contributed by atoms with Gasteiger partial charge in [0, 0.05) is 39.3 Å². The van der Waals surface area contributed by atoms with Crippen LogP contribution in [-0.4, -0.2) is 0 Å². The van der Waals surface area contributed by atoms with Crippen LogP contribution in [0.5, 0.6) is 0 Å². The molecule has 41 heavy (non-hydrogen) atoms. The van der Waals surface area contributed by atoms with Crippen LogP contribution in [-0.2, 0) is 0 Å². The summed E-state index contributed by atoms with van der Waals surface area (Å²) in [6.07, 6.45) is 0. The van der Waals surface area contributed by atoms with Gasteiger partial charge in [0.1, 0.15) is 0 Å². The lowest BCUT2D eigenvalue weighted by Gasteiger charge is -2.25. The number of nitriles is 1. The summed E-state index contributed by atoms with van der Waals surface area (Å²) in [6, 6.07) is 45.8. The summed E-state index contributed by atoms with van der Waals surface area (Å²) in [6.45, 7) is 0. The quantitative estimate of drug-likeness (QED) is 0.228. The third-order valence-corrected chi connectivity index (χ3v) is 6.01. The van der Waals surface area contributed by atoms with Crippen molar-refractivity contribution in [1.29, 1.82) is 5.26 Å². The second kappa shape index (κ2) is 13.4. The standard InChI is InChI=1S/C39H22N2/c40-31-36-25-23-33(24-26-36)12-6-2-1-5-11-32-17-19-34(20-18-32)21-22-35-27-29-39(30-28-35)41(37-13-7-3-8-14-37)38-15-9-4-10-16-38/h3-4,7-10,13-20,23-30H. The molecule has 0 aliphatic heterocycles. The van der Waals surface area contributed by atoms with Crippen molar-refractivity contribution >= 4 is 17.1 Å². The maximum Gasteiger partial charge on any atom is 0.0991 e. The fourth-order valence-electron chi connectivity index (χ4n) is 3.97. The Morgan fingerprint density at radius 1 is 0.341 bits per heavy atom. The third-order valence-electron chi connectivity index (χ3n) is 6.01. The van der Waals surface area contributed by atoms with Crippen molar-refractivity contribution in [3.8, 4) is 53.4 Å². The smallest absolute Gasteiger partial charge is 0.0991 e. The van der Waals surface area contributed by atoms with Gasteiger partial charge in [-0.25, -0.2) is 0 Å². The fraction of sp³-hybridized carbons (Fsp3) is 0. The van der Waals surface area contributed by atoms with Gasteiger partial charge in [0.05, 0.1) is 11.6 Å². The van der Waals surface area contributed by atoms with E-state index in [4.69, 9.17) is 5.26 Å². The molecule has 5 aromatic rings. The Morgan fingerprint density at radius 2 is 0.683 bits per heavy atom. The number of benzene rings is 5. The molecule has 188 valence electrons. The zero-order valence-corrected chi connectivity index (χ0v) is 22.1. The summed E-state index contributed by atoms with van der Waals surface area (Å²) in [7, 11) is 0. The van der Waals surface area contributed by atoms with Crippen LogP contribution in [0, 0.1) is 58.7 Å². The first-order valence-corrected chi connectivity index (χ1v) is 12.9. The van der Waals surface area contributed by atoms with Crippen molar-refractivity contribution in [3.63, 3.8) is 0 Å². The Morgan fingerprint density at radius 3 is 1.10 bits per heavy atom. The van der Waals surface area contributed by atoms with E-state index in [0.717, 1.165) is 39.3 Å². The van der Waals surface area contributed by atoms with Crippen LogP contribution in [0.2, 0.25) is 0 Å². The molecule has 0 bridgehead atoms. The normalized spacial score (nSPS) is 9.15. The monoisotopic (exact) mass is 518 g/mol. The van der Waals surface area contributed by atoms with E-state index in [9.17, 15) is 0 Å². The van der Waals surface area contributed by atoms with Crippen LogP contribution < -0.4 is 4.90 Å². The molecule has 2 nitrogen and oxygen atoms in total. The maximum absolute atomic E-state index is 8.84. The van der Waals surface area contributed by atoms with Crippen LogP contribution in [0.15, 0.2) is 133 Å². The van der Waals surface area contributed by atoms with Crippen molar-refractivity contribution in [3.05, 3.63) is 161 Å². The maximum atomic E-state index is 8.84. The average molecular weight is 519 g/mol. The first-order valence-electron chi connectivity index (χ1n) is 12.9. The molecule has 0 heterocycles. The molecular weight excluding hydrogens is 496 g/mol. The van der Waals surface area contributed by atoms with Gasteiger partial charge in [0.2, 0.25) is 0 Å². The van der Waals surface area contributed by atoms with Gasteiger partial charge in [-0.05, 0) is 121 Å². The van der Waals surface area contributed by atoms with E-state index in [-0.39, 0.29) is 0 Å². The van der Waals surface area contributed by atoms with Crippen LogP contribution >= 0.6 is 0 Å². The zero-order chi connectivity index (χ0) is 28.1. The highest BCUT2D eigenvalue weighted by Gasteiger charge is 2.11.